The number of carbonyl (C=O) groups is 1. The number of aryl methyl sites for hydroxylation is 2. The zero-order valence-electron chi connectivity index (χ0n) is 17.5. The topological polar surface area (TPSA) is 69.5 Å². The van der Waals surface area contributed by atoms with E-state index >= 15 is 0 Å². The Morgan fingerprint density at radius 2 is 1.97 bits per heavy atom. The van der Waals surface area contributed by atoms with E-state index in [0.717, 1.165) is 61.6 Å². The third-order valence-electron chi connectivity index (χ3n) is 5.70. The Morgan fingerprint density at radius 3 is 2.59 bits per heavy atom. The van der Waals surface area contributed by atoms with Crippen LogP contribution < -0.4 is 4.74 Å². The predicted molar refractivity (Wildman–Crippen MR) is 109 cm³/mol. The number of methoxy groups -OCH3 is 1. The van der Waals surface area contributed by atoms with E-state index in [1.807, 2.05) is 33.8 Å². The average molecular weight is 399 g/mol. The van der Waals surface area contributed by atoms with Gasteiger partial charge in [0.2, 0.25) is 5.91 Å². The molecule has 2 aliphatic rings. The highest BCUT2D eigenvalue weighted by atomic mass is 16.5. The average Bonchev–Trinajstić information content (AvgIpc) is 3.51. The second kappa shape index (κ2) is 8.53. The van der Waals surface area contributed by atoms with Gasteiger partial charge in [0.05, 0.1) is 13.2 Å². The van der Waals surface area contributed by atoms with E-state index < -0.39 is 0 Å². The SMILES string of the molecule is CCCCn1nc(CC)nc1[C@H]1OCC(=O)N(C2CC2)[C@@H]1c1ccc(OC)cc1. The number of hydrogen-bond acceptors (Lipinski definition) is 5. The molecule has 1 amide bonds. The molecule has 0 bridgehead atoms. The zero-order valence-corrected chi connectivity index (χ0v) is 17.5. The van der Waals surface area contributed by atoms with Crippen molar-refractivity contribution < 1.29 is 14.3 Å². The quantitative estimate of drug-likeness (QED) is 0.681. The summed E-state index contributed by atoms with van der Waals surface area (Å²) in [7, 11) is 1.66. The first-order valence-corrected chi connectivity index (χ1v) is 10.7. The summed E-state index contributed by atoms with van der Waals surface area (Å²) in [5, 5.41) is 4.70. The summed E-state index contributed by atoms with van der Waals surface area (Å²) in [5.74, 6) is 2.50. The van der Waals surface area contributed by atoms with Gasteiger partial charge in [-0.05, 0) is 37.0 Å². The summed E-state index contributed by atoms with van der Waals surface area (Å²) in [6, 6.07) is 8.02. The van der Waals surface area contributed by atoms with Crippen LogP contribution in [-0.4, -0.2) is 45.3 Å². The molecule has 2 atom stereocenters. The van der Waals surface area contributed by atoms with Gasteiger partial charge >= 0.3 is 0 Å². The Labute approximate surface area is 172 Å². The Morgan fingerprint density at radius 1 is 1.21 bits per heavy atom. The molecule has 2 fully saturated rings. The third-order valence-corrected chi connectivity index (χ3v) is 5.70. The Kier molecular flexibility index (Phi) is 5.85. The van der Waals surface area contributed by atoms with Gasteiger partial charge in [-0.25, -0.2) is 9.67 Å². The summed E-state index contributed by atoms with van der Waals surface area (Å²) in [5.41, 5.74) is 1.04. The van der Waals surface area contributed by atoms with Gasteiger partial charge in [0.15, 0.2) is 11.6 Å². The van der Waals surface area contributed by atoms with E-state index in [0.29, 0.717) is 6.04 Å². The van der Waals surface area contributed by atoms with E-state index in [1.165, 1.54) is 0 Å². The molecule has 1 saturated heterocycles. The van der Waals surface area contributed by atoms with E-state index in [9.17, 15) is 4.79 Å². The fraction of sp³-hybridized carbons (Fsp3) is 0.591. The van der Waals surface area contributed by atoms with Crippen LogP contribution in [0.4, 0.5) is 0 Å². The molecular weight excluding hydrogens is 368 g/mol. The summed E-state index contributed by atoms with van der Waals surface area (Å²) >= 11 is 0. The maximum atomic E-state index is 12.8. The molecule has 1 saturated carbocycles. The second-order valence-electron chi connectivity index (χ2n) is 7.80. The normalized spacial score (nSPS) is 22.2. The first-order valence-electron chi connectivity index (χ1n) is 10.7. The lowest BCUT2D eigenvalue weighted by atomic mass is 9.96. The number of nitrogens with zero attached hydrogens (tertiary/aromatic N) is 4. The number of morpholine rings is 1. The summed E-state index contributed by atoms with van der Waals surface area (Å²) in [4.78, 5) is 19.7. The number of ether oxygens (including phenoxy) is 2. The van der Waals surface area contributed by atoms with Crippen molar-refractivity contribution >= 4 is 5.91 Å². The molecule has 1 aromatic carbocycles. The minimum atomic E-state index is -0.327. The minimum Gasteiger partial charge on any atom is -0.497 e. The standard InChI is InChI=1S/C22H30N4O3/c1-4-6-13-25-22(23-18(5-2)24-25)21-20(15-7-11-17(28-3)12-8-15)26(16-9-10-16)19(27)14-29-21/h7-8,11-12,16,20-21H,4-6,9-10,13-14H2,1-3H3/t20-,21+/m1/s1. The van der Waals surface area contributed by atoms with E-state index in [-0.39, 0.29) is 24.7 Å². The van der Waals surface area contributed by atoms with Crippen molar-refractivity contribution in [3.63, 3.8) is 0 Å². The largest absolute Gasteiger partial charge is 0.497 e. The molecule has 1 aromatic heterocycles. The highest BCUT2D eigenvalue weighted by molar-refractivity contribution is 5.79. The number of amides is 1. The lowest BCUT2D eigenvalue weighted by molar-refractivity contribution is -0.160. The minimum absolute atomic E-state index is 0.0555. The van der Waals surface area contributed by atoms with Crippen LogP contribution in [0.25, 0.3) is 0 Å². The van der Waals surface area contributed by atoms with Gasteiger partial charge in [-0.1, -0.05) is 32.4 Å². The van der Waals surface area contributed by atoms with Gasteiger partial charge in [0.1, 0.15) is 18.5 Å². The molecule has 7 nitrogen and oxygen atoms in total. The molecule has 7 heteroatoms. The van der Waals surface area contributed by atoms with E-state index in [4.69, 9.17) is 19.6 Å². The maximum Gasteiger partial charge on any atom is 0.249 e. The van der Waals surface area contributed by atoms with Crippen LogP contribution in [0, 0.1) is 0 Å². The predicted octanol–water partition coefficient (Wildman–Crippen LogP) is 3.45. The molecule has 4 rings (SSSR count). The summed E-state index contributed by atoms with van der Waals surface area (Å²) in [6.45, 7) is 5.13. The van der Waals surface area contributed by atoms with Crippen LogP contribution in [-0.2, 0) is 22.5 Å². The van der Waals surface area contributed by atoms with Gasteiger partial charge in [0.25, 0.3) is 0 Å². The highest BCUT2D eigenvalue weighted by Crippen LogP contribution is 2.45. The van der Waals surface area contributed by atoms with Crippen molar-refractivity contribution in [3.8, 4) is 5.75 Å². The first-order chi connectivity index (χ1) is 14.2. The van der Waals surface area contributed by atoms with E-state index in [1.54, 1.807) is 7.11 Å². The first kappa shape index (κ1) is 19.9. The molecular formula is C22H30N4O3. The number of hydrogen-bond donors (Lipinski definition) is 0. The Hall–Kier alpha value is -2.41. The van der Waals surface area contributed by atoms with Gasteiger partial charge in [-0.3, -0.25) is 4.79 Å². The van der Waals surface area contributed by atoms with Crippen LogP contribution in [0.3, 0.4) is 0 Å². The smallest absolute Gasteiger partial charge is 0.249 e. The van der Waals surface area contributed by atoms with Crippen LogP contribution in [0.2, 0.25) is 0 Å². The fourth-order valence-electron chi connectivity index (χ4n) is 4.00. The lowest BCUT2D eigenvalue weighted by Crippen LogP contribution is -2.47. The van der Waals surface area contributed by atoms with Crippen molar-refractivity contribution in [2.45, 2.75) is 70.7 Å². The zero-order chi connectivity index (χ0) is 20.4. The van der Waals surface area contributed by atoms with Gasteiger partial charge in [0, 0.05) is 19.0 Å². The van der Waals surface area contributed by atoms with Gasteiger partial charge in [-0.2, -0.15) is 5.10 Å². The molecule has 1 aliphatic heterocycles. The monoisotopic (exact) mass is 398 g/mol. The third kappa shape index (κ3) is 4.01. The lowest BCUT2D eigenvalue weighted by Gasteiger charge is -2.41. The molecule has 156 valence electrons. The van der Waals surface area contributed by atoms with Crippen LogP contribution in [0.1, 0.15) is 68.9 Å². The highest BCUT2D eigenvalue weighted by Gasteiger charge is 2.47. The number of rotatable bonds is 8. The van der Waals surface area contributed by atoms with Crippen molar-refractivity contribution in [1.82, 2.24) is 19.7 Å². The van der Waals surface area contributed by atoms with Crippen LogP contribution in [0.5, 0.6) is 5.75 Å². The van der Waals surface area contributed by atoms with Crippen LogP contribution in [0.15, 0.2) is 24.3 Å². The molecule has 0 radical (unpaired) electrons. The number of benzene rings is 1. The number of aromatic nitrogens is 3. The van der Waals surface area contributed by atoms with Gasteiger partial charge < -0.3 is 14.4 Å². The molecule has 1 aliphatic carbocycles. The summed E-state index contributed by atoms with van der Waals surface area (Å²) in [6.07, 6.45) is 4.66. The Bertz CT molecular complexity index is 844. The van der Waals surface area contributed by atoms with Crippen molar-refractivity contribution in [1.29, 1.82) is 0 Å². The molecule has 29 heavy (non-hydrogen) atoms. The number of carbonyl (C=O) groups excluding carboxylic acids is 1. The maximum absolute atomic E-state index is 12.8. The molecule has 0 N–H and O–H groups in total. The fourth-order valence-corrected chi connectivity index (χ4v) is 4.00. The molecule has 2 aromatic rings. The van der Waals surface area contributed by atoms with Crippen LogP contribution >= 0.6 is 0 Å². The Balaban J connectivity index is 1.75. The number of unbranched alkanes of at least 4 members (excludes halogenated alkanes) is 1. The van der Waals surface area contributed by atoms with Crippen molar-refractivity contribution in [3.05, 3.63) is 41.5 Å². The van der Waals surface area contributed by atoms with Crippen molar-refractivity contribution in [2.24, 2.45) is 0 Å². The molecule has 2 heterocycles. The molecule has 0 spiro atoms. The summed E-state index contributed by atoms with van der Waals surface area (Å²) < 4.78 is 13.5. The van der Waals surface area contributed by atoms with Gasteiger partial charge in [-0.15, -0.1) is 0 Å². The van der Waals surface area contributed by atoms with Crippen molar-refractivity contribution in [2.75, 3.05) is 13.7 Å². The van der Waals surface area contributed by atoms with E-state index in [2.05, 4.69) is 13.8 Å². The molecule has 0 unspecified atom stereocenters. The second-order valence-corrected chi connectivity index (χ2v) is 7.80.